The molecule has 0 atom stereocenters. The zero-order chi connectivity index (χ0) is 14.6. The summed E-state index contributed by atoms with van der Waals surface area (Å²) in [5, 5.41) is 3.58. The van der Waals surface area contributed by atoms with Gasteiger partial charge in [0.1, 0.15) is 0 Å². The Bertz CT molecular complexity index is 433. The highest BCUT2D eigenvalue weighted by Crippen LogP contribution is 2.39. The Balaban J connectivity index is 2.09. The summed E-state index contributed by atoms with van der Waals surface area (Å²) < 4.78 is 0. The minimum Gasteiger partial charge on any atom is -0.374 e. The molecule has 0 saturated heterocycles. The van der Waals surface area contributed by atoms with Gasteiger partial charge in [0.25, 0.3) is 0 Å². The van der Waals surface area contributed by atoms with Crippen LogP contribution in [0.25, 0.3) is 0 Å². The van der Waals surface area contributed by atoms with Crippen LogP contribution in [0, 0.1) is 19.3 Å². The van der Waals surface area contributed by atoms with E-state index in [1.807, 2.05) is 0 Å². The van der Waals surface area contributed by atoms with Gasteiger partial charge in [0.2, 0.25) is 0 Å². The molecule has 2 nitrogen and oxygen atoms in total. The zero-order valence-electron chi connectivity index (χ0n) is 13.6. The third-order valence-corrected chi connectivity index (χ3v) is 4.75. The lowest BCUT2D eigenvalue weighted by molar-refractivity contribution is 0.289. The molecule has 0 aromatic heterocycles. The van der Waals surface area contributed by atoms with E-state index in [2.05, 4.69) is 56.2 Å². The van der Waals surface area contributed by atoms with Gasteiger partial charge >= 0.3 is 0 Å². The lowest BCUT2D eigenvalue weighted by Crippen LogP contribution is -2.41. The van der Waals surface area contributed by atoms with Crippen molar-refractivity contribution in [3.8, 4) is 0 Å². The Morgan fingerprint density at radius 3 is 2.50 bits per heavy atom. The van der Waals surface area contributed by atoms with Crippen LogP contribution in [0.4, 0.5) is 5.69 Å². The van der Waals surface area contributed by atoms with Gasteiger partial charge in [-0.1, -0.05) is 37.5 Å². The molecule has 0 amide bonds. The molecular weight excluding hydrogens is 244 g/mol. The van der Waals surface area contributed by atoms with Crippen molar-refractivity contribution in [1.82, 2.24) is 5.32 Å². The molecule has 1 aliphatic rings. The quantitative estimate of drug-likeness (QED) is 0.846. The first kappa shape index (κ1) is 15.4. The minimum atomic E-state index is 0.474. The number of hydrogen-bond acceptors (Lipinski definition) is 2. The molecule has 1 aliphatic carbocycles. The SMILES string of the molecule is CCNCC1(CN(C)c2ccc(C)cc2C)CCCC1. The van der Waals surface area contributed by atoms with Crippen LogP contribution in [0.1, 0.15) is 43.7 Å². The maximum atomic E-state index is 3.58. The maximum Gasteiger partial charge on any atom is 0.0393 e. The van der Waals surface area contributed by atoms with Gasteiger partial charge in [0, 0.05) is 31.2 Å². The summed E-state index contributed by atoms with van der Waals surface area (Å²) in [6, 6.07) is 6.79. The Labute approximate surface area is 124 Å². The van der Waals surface area contributed by atoms with Crippen LogP contribution < -0.4 is 10.2 Å². The van der Waals surface area contributed by atoms with Crippen molar-refractivity contribution in [2.45, 2.75) is 46.5 Å². The van der Waals surface area contributed by atoms with Crippen molar-refractivity contribution >= 4 is 5.69 Å². The van der Waals surface area contributed by atoms with E-state index in [9.17, 15) is 0 Å². The third kappa shape index (κ3) is 3.54. The average Bonchev–Trinajstić information content (AvgIpc) is 2.85. The monoisotopic (exact) mass is 274 g/mol. The van der Waals surface area contributed by atoms with Crippen LogP contribution in [0.15, 0.2) is 18.2 Å². The molecule has 2 rings (SSSR count). The topological polar surface area (TPSA) is 15.3 Å². The van der Waals surface area contributed by atoms with Crippen LogP contribution in [0.5, 0.6) is 0 Å². The van der Waals surface area contributed by atoms with E-state index in [0.29, 0.717) is 5.41 Å². The van der Waals surface area contributed by atoms with Gasteiger partial charge in [-0.3, -0.25) is 0 Å². The number of aryl methyl sites for hydroxylation is 2. The van der Waals surface area contributed by atoms with Gasteiger partial charge < -0.3 is 10.2 Å². The zero-order valence-corrected chi connectivity index (χ0v) is 13.6. The van der Waals surface area contributed by atoms with Gasteiger partial charge in [-0.15, -0.1) is 0 Å². The lowest BCUT2D eigenvalue weighted by Gasteiger charge is -2.35. The molecule has 112 valence electrons. The normalized spacial score (nSPS) is 17.4. The van der Waals surface area contributed by atoms with E-state index < -0.39 is 0 Å². The summed E-state index contributed by atoms with van der Waals surface area (Å²) in [5.74, 6) is 0. The highest BCUT2D eigenvalue weighted by Gasteiger charge is 2.34. The molecule has 2 heteroatoms. The van der Waals surface area contributed by atoms with Gasteiger partial charge in [-0.2, -0.15) is 0 Å². The highest BCUT2D eigenvalue weighted by molar-refractivity contribution is 5.54. The van der Waals surface area contributed by atoms with E-state index in [0.717, 1.165) is 6.54 Å². The summed E-state index contributed by atoms with van der Waals surface area (Å²) >= 11 is 0. The lowest BCUT2D eigenvalue weighted by atomic mass is 9.85. The van der Waals surface area contributed by atoms with Crippen molar-refractivity contribution in [3.05, 3.63) is 29.3 Å². The Kier molecular flexibility index (Phi) is 5.09. The van der Waals surface area contributed by atoms with E-state index in [1.165, 1.54) is 55.6 Å². The molecule has 0 spiro atoms. The number of nitrogens with one attached hydrogen (secondary N) is 1. The number of anilines is 1. The first-order chi connectivity index (χ1) is 9.56. The molecule has 0 heterocycles. The molecule has 1 N–H and O–H groups in total. The second-order valence-corrected chi connectivity index (χ2v) is 6.63. The Morgan fingerprint density at radius 1 is 1.20 bits per heavy atom. The number of hydrogen-bond donors (Lipinski definition) is 1. The standard InChI is InChI=1S/C18H30N2/c1-5-19-13-18(10-6-7-11-18)14-20(4)17-9-8-15(2)12-16(17)3/h8-9,12,19H,5-7,10-11,13-14H2,1-4H3. The predicted molar refractivity (Wildman–Crippen MR) is 88.6 cm³/mol. The number of benzene rings is 1. The van der Waals surface area contributed by atoms with Gasteiger partial charge in [-0.25, -0.2) is 0 Å². The summed E-state index contributed by atoms with van der Waals surface area (Å²) in [6.07, 6.45) is 5.53. The van der Waals surface area contributed by atoms with E-state index in [1.54, 1.807) is 0 Å². The predicted octanol–water partition coefficient (Wildman–Crippen LogP) is 3.91. The third-order valence-electron chi connectivity index (χ3n) is 4.75. The molecule has 0 radical (unpaired) electrons. The van der Waals surface area contributed by atoms with Gasteiger partial charge in [0.15, 0.2) is 0 Å². The van der Waals surface area contributed by atoms with Crippen molar-refractivity contribution in [1.29, 1.82) is 0 Å². The molecule has 1 aromatic carbocycles. The summed E-state index contributed by atoms with van der Waals surface area (Å²) in [6.45, 7) is 10.0. The van der Waals surface area contributed by atoms with Crippen LogP contribution in [0.2, 0.25) is 0 Å². The van der Waals surface area contributed by atoms with E-state index >= 15 is 0 Å². The first-order valence-corrected chi connectivity index (χ1v) is 8.05. The fraction of sp³-hybridized carbons (Fsp3) is 0.667. The largest absolute Gasteiger partial charge is 0.374 e. The molecule has 0 unspecified atom stereocenters. The molecule has 20 heavy (non-hydrogen) atoms. The number of nitrogens with zero attached hydrogens (tertiary/aromatic N) is 1. The molecular formula is C18H30N2. The molecule has 1 aromatic rings. The molecule has 0 bridgehead atoms. The Hall–Kier alpha value is -1.02. The first-order valence-electron chi connectivity index (χ1n) is 8.05. The Morgan fingerprint density at radius 2 is 1.90 bits per heavy atom. The van der Waals surface area contributed by atoms with Crippen LogP contribution in [-0.4, -0.2) is 26.7 Å². The second kappa shape index (κ2) is 6.62. The molecule has 1 fully saturated rings. The molecule has 1 saturated carbocycles. The summed E-state index contributed by atoms with van der Waals surface area (Å²) in [5.41, 5.74) is 4.60. The fourth-order valence-electron chi connectivity index (χ4n) is 3.73. The van der Waals surface area contributed by atoms with Crippen molar-refractivity contribution in [3.63, 3.8) is 0 Å². The van der Waals surface area contributed by atoms with Crippen LogP contribution in [-0.2, 0) is 0 Å². The van der Waals surface area contributed by atoms with Gasteiger partial charge in [-0.05, 0) is 44.9 Å². The fourth-order valence-corrected chi connectivity index (χ4v) is 3.73. The van der Waals surface area contributed by atoms with Crippen LogP contribution in [0.3, 0.4) is 0 Å². The summed E-state index contributed by atoms with van der Waals surface area (Å²) in [7, 11) is 2.25. The van der Waals surface area contributed by atoms with Gasteiger partial charge in [0.05, 0.1) is 0 Å². The second-order valence-electron chi connectivity index (χ2n) is 6.63. The van der Waals surface area contributed by atoms with E-state index in [-0.39, 0.29) is 0 Å². The van der Waals surface area contributed by atoms with Crippen molar-refractivity contribution in [2.24, 2.45) is 5.41 Å². The van der Waals surface area contributed by atoms with Crippen molar-refractivity contribution < 1.29 is 0 Å². The molecule has 0 aliphatic heterocycles. The van der Waals surface area contributed by atoms with E-state index in [4.69, 9.17) is 0 Å². The minimum absolute atomic E-state index is 0.474. The number of rotatable bonds is 6. The maximum absolute atomic E-state index is 3.58. The summed E-state index contributed by atoms with van der Waals surface area (Å²) in [4.78, 5) is 2.47. The average molecular weight is 274 g/mol. The smallest absolute Gasteiger partial charge is 0.0393 e. The van der Waals surface area contributed by atoms with Crippen molar-refractivity contribution in [2.75, 3.05) is 31.6 Å². The van der Waals surface area contributed by atoms with Crippen LogP contribution >= 0.6 is 0 Å². The highest BCUT2D eigenvalue weighted by atomic mass is 15.1.